The van der Waals surface area contributed by atoms with Crippen molar-refractivity contribution in [1.82, 2.24) is 9.55 Å². The van der Waals surface area contributed by atoms with Gasteiger partial charge >= 0.3 is 0 Å². The standard InChI is InChI=1S/C16H17N3O/c1-11(2)12-4-6-13(7-5-12)14(10-17)15(20)16-18-8-9-19(16)3/h4-9,11,14H,1-3H3. The fourth-order valence-electron chi connectivity index (χ4n) is 2.09. The molecule has 1 heterocycles. The lowest BCUT2D eigenvalue weighted by Crippen LogP contribution is -2.15. The van der Waals surface area contributed by atoms with Crippen LogP contribution in [0.5, 0.6) is 0 Å². The predicted molar refractivity (Wildman–Crippen MR) is 76.4 cm³/mol. The quantitative estimate of drug-likeness (QED) is 0.800. The molecule has 0 aliphatic rings. The van der Waals surface area contributed by atoms with Crippen LogP contribution in [0.2, 0.25) is 0 Å². The lowest BCUT2D eigenvalue weighted by atomic mass is 9.93. The summed E-state index contributed by atoms with van der Waals surface area (Å²) >= 11 is 0. The molecule has 0 amide bonds. The van der Waals surface area contributed by atoms with Gasteiger partial charge in [0, 0.05) is 19.4 Å². The second-order valence-electron chi connectivity index (χ2n) is 5.11. The summed E-state index contributed by atoms with van der Waals surface area (Å²) in [6.45, 7) is 4.21. The molecule has 2 aromatic rings. The summed E-state index contributed by atoms with van der Waals surface area (Å²) < 4.78 is 1.63. The zero-order valence-corrected chi connectivity index (χ0v) is 11.9. The molecule has 0 bridgehead atoms. The molecule has 0 N–H and O–H groups in total. The average Bonchev–Trinajstić information content (AvgIpc) is 2.86. The minimum Gasteiger partial charge on any atom is -0.332 e. The second-order valence-corrected chi connectivity index (χ2v) is 5.11. The van der Waals surface area contributed by atoms with Gasteiger partial charge in [0.05, 0.1) is 6.07 Å². The average molecular weight is 267 g/mol. The first-order chi connectivity index (χ1) is 9.54. The molecule has 1 aromatic heterocycles. The van der Waals surface area contributed by atoms with Gasteiger partial charge in [-0.05, 0) is 17.0 Å². The number of nitrogens with zero attached hydrogens (tertiary/aromatic N) is 3. The molecule has 20 heavy (non-hydrogen) atoms. The number of hydrogen-bond donors (Lipinski definition) is 0. The Balaban J connectivity index is 2.31. The normalized spacial score (nSPS) is 12.2. The highest BCUT2D eigenvalue weighted by atomic mass is 16.1. The van der Waals surface area contributed by atoms with Gasteiger partial charge in [0.1, 0.15) is 5.92 Å². The van der Waals surface area contributed by atoms with Crippen molar-refractivity contribution in [3.63, 3.8) is 0 Å². The summed E-state index contributed by atoms with van der Waals surface area (Å²) in [5, 5.41) is 9.31. The van der Waals surface area contributed by atoms with E-state index in [1.807, 2.05) is 24.3 Å². The van der Waals surface area contributed by atoms with E-state index in [1.165, 1.54) is 5.56 Å². The molecule has 0 saturated carbocycles. The highest BCUT2D eigenvalue weighted by Gasteiger charge is 2.24. The van der Waals surface area contributed by atoms with Gasteiger partial charge in [-0.25, -0.2) is 4.98 Å². The van der Waals surface area contributed by atoms with E-state index in [9.17, 15) is 10.1 Å². The van der Waals surface area contributed by atoms with Gasteiger partial charge in [-0.2, -0.15) is 5.26 Å². The second kappa shape index (κ2) is 5.70. The molecule has 0 aliphatic carbocycles. The van der Waals surface area contributed by atoms with Gasteiger partial charge in [-0.15, -0.1) is 0 Å². The first kappa shape index (κ1) is 14.0. The molecule has 0 aliphatic heterocycles. The zero-order valence-electron chi connectivity index (χ0n) is 11.9. The SMILES string of the molecule is CC(C)c1ccc(C(C#N)C(=O)c2nccn2C)cc1. The summed E-state index contributed by atoms with van der Waals surface area (Å²) in [5.41, 5.74) is 1.90. The molecule has 4 heteroatoms. The number of nitriles is 1. The molecule has 0 radical (unpaired) electrons. The molecule has 4 nitrogen and oxygen atoms in total. The van der Waals surface area contributed by atoms with Crippen LogP contribution in [0.15, 0.2) is 36.7 Å². The first-order valence-electron chi connectivity index (χ1n) is 6.55. The van der Waals surface area contributed by atoms with Crippen LogP contribution in [0.3, 0.4) is 0 Å². The number of Topliss-reactive ketones (excluding diaryl/α,β-unsaturated/α-hetero) is 1. The van der Waals surface area contributed by atoms with E-state index < -0.39 is 5.92 Å². The Kier molecular flexibility index (Phi) is 3.99. The zero-order chi connectivity index (χ0) is 14.7. The van der Waals surface area contributed by atoms with Crippen molar-refractivity contribution in [2.45, 2.75) is 25.7 Å². The Hall–Kier alpha value is -2.41. The van der Waals surface area contributed by atoms with Gasteiger partial charge in [0.2, 0.25) is 5.78 Å². The van der Waals surface area contributed by atoms with Crippen LogP contribution in [-0.2, 0) is 7.05 Å². The van der Waals surface area contributed by atoms with Crippen LogP contribution in [0.1, 0.15) is 47.4 Å². The molecule has 1 aromatic carbocycles. The van der Waals surface area contributed by atoms with Gasteiger partial charge < -0.3 is 4.57 Å². The van der Waals surface area contributed by atoms with Crippen molar-refractivity contribution in [2.24, 2.45) is 7.05 Å². The summed E-state index contributed by atoms with van der Waals surface area (Å²) in [4.78, 5) is 16.4. The summed E-state index contributed by atoms with van der Waals surface area (Å²) in [6, 6.07) is 9.72. The van der Waals surface area contributed by atoms with Crippen molar-refractivity contribution in [3.05, 3.63) is 53.6 Å². The molecule has 1 unspecified atom stereocenters. The molecule has 1 atom stereocenters. The summed E-state index contributed by atoms with van der Waals surface area (Å²) in [5.74, 6) is -0.339. The van der Waals surface area contributed by atoms with E-state index in [0.29, 0.717) is 17.3 Å². The van der Waals surface area contributed by atoms with Crippen molar-refractivity contribution < 1.29 is 4.79 Å². The smallest absolute Gasteiger partial charge is 0.219 e. The molecule has 2 rings (SSSR count). The third-order valence-electron chi connectivity index (χ3n) is 3.37. The van der Waals surface area contributed by atoms with Crippen LogP contribution in [0.25, 0.3) is 0 Å². The third-order valence-corrected chi connectivity index (χ3v) is 3.37. The lowest BCUT2D eigenvalue weighted by molar-refractivity contribution is 0.0966. The maximum atomic E-state index is 12.4. The molecular weight excluding hydrogens is 250 g/mol. The third kappa shape index (κ3) is 2.62. The highest BCUT2D eigenvalue weighted by molar-refractivity contribution is 6.00. The Labute approximate surface area is 118 Å². The minimum atomic E-state index is -0.808. The Morgan fingerprint density at radius 1 is 1.25 bits per heavy atom. The number of aromatic nitrogens is 2. The van der Waals surface area contributed by atoms with Crippen LogP contribution < -0.4 is 0 Å². The van der Waals surface area contributed by atoms with Crippen LogP contribution in [0.4, 0.5) is 0 Å². The van der Waals surface area contributed by atoms with E-state index in [1.54, 1.807) is 24.0 Å². The summed E-state index contributed by atoms with van der Waals surface area (Å²) in [6.07, 6.45) is 3.26. The summed E-state index contributed by atoms with van der Waals surface area (Å²) in [7, 11) is 1.75. The topological polar surface area (TPSA) is 58.7 Å². The van der Waals surface area contributed by atoms with E-state index in [-0.39, 0.29) is 5.78 Å². The van der Waals surface area contributed by atoms with Crippen molar-refractivity contribution in [1.29, 1.82) is 5.26 Å². The van der Waals surface area contributed by atoms with Crippen LogP contribution >= 0.6 is 0 Å². The van der Waals surface area contributed by atoms with Crippen LogP contribution in [0, 0.1) is 11.3 Å². The van der Waals surface area contributed by atoms with Crippen LogP contribution in [-0.4, -0.2) is 15.3 Å². The van der Waals surface area contributed by atoms with E-state index in [2.05, 4.69) is 24.9 Å². The Morgan fingerprint density at radius 2 is 1.85 bits per heavy atom. The number of imidazole rings is 1. The number of benzene rings is 1. The maximum absolute atomic E-state index is 12.4. The monoisotopic (exact) mass is 267 g/mol. The molecule has 102 valence electrons. The minimum absolute atomic E-state index is 0.266. The Bertz CT molecular complexity index is 647. The molecule has 0 saturated heterocycles. The van der Waals surface area contributed by atoms with Gasteiger partial charge in [-0.3, -0.25) is 4.79 Å². The number of carbonyl (C=O) groups is 1. The van der Waals surface area contributed by atoms with E-state index in [0.717, 1.165) is 0 Å². The number of rotatable bonds is 4. The molecule has 0 fully saturated rings. The first-order valence-corrected chi connectivity index (χ1v) is 6.55. The van der Waals surface area contributed by atoms with E-state index >= 15 is 0 Å². The van der Waals surface area contributed by atoms with Crippen molar-refractivity contribution >= 4 is 5.78 Å². The molecular formula is C16H17N3O. The van der Waals surface area contributed by atoms with E-state index in [4.69, 9.17) is 0 Å². The number of hydrogen-bond acceptors (Lipinski definition) is 3. The van der Waals surface area contributed by atoms with Crippen molar-refractivity contribution in [2.75, 3.05) is 0 Å². The predicted octanol–water partition coefficient (Wildman–Crippen LogP) is 3.03. The number of carbonyl (C=O) groups excluding carboxylic acids is 1. The maximum Gasteiger partial charge on any atom is 0.219 e. The van der Waals surface area contributed by atoms with Gasteiger partial charge in [-0.1, -0.05) is 38.1 Å². The largest absolute Gasteiger partial charge is 0.332 e. The number of aryl methyl sites for hydroxylation is 1. The lowest BCUT2D eigenvalue weighted by Gasteiger charge is -2.10. The molecule has 0 spiro atoms. The fourth-order valence-corrected chi connectivity index (χ4v) is 2.09. The van der Waals surface area contributed by atoms with Gasteiger partial charge in [0.25, 0.3) is 0 Å². The fraction of sp³-hybridized carbons (Fsp3) is 0.312. The highest BCUT2D eigenvalue weighted by Crippen LogP contribution is 2.22. The van der Waals surface area contributed by atoms with Crippen molar-refractivity contribution in [3.8, 4) is 6.07 Å². The Morgan fingerprint density at radius 3 is 2.30 bits per heavy atom. The number of ketones is 1. The van der Waals surface area contributed by atoms with Gasteiger partial charge in [0.15, 0.2) is 5.82 Å².